The molecule has 156 valence electrons. The molecule has 2 rings (SSSR count). The van der Waals surface area contributed by atoms with Crippen LogP contribution in [0.2, 0.25) is 0 Å². The molecule has 0 bridgehead atoms. The first kappa shape index (κ1) is 22.5. The Kier molecular flexibility index (Phi) is 8.26. The molecule has 29 heavy (non-hydrogen) atoms. The lowest BCUT2D eigenvalue weighted by molar-refractivity contribution is -0.274. The van der Waals surface area contributed by atoms with E-state index in [2.05, 4.69) is 22.3 Å². The summed E-state index contributed by atoms with van der Waals surface area (Å²) >= 11 is 5.08. The topological polar surface area (TPSA) is 59.6 Å². The summed E-state index contributed by atoms with van der Waals surface area (Å²) < 4.78 is 46.3. The van der Waals surface area contributed by atoms with Crippen LogP contribution in [-0.2, 0) is 0 Å². The van der Waals surface area contributed by atoms with Crippen LogP contribution in [0, 0.1) is 0 Å². The second-order valence-corrected chi connectivity index (χ2v) is 6.47. The Balaban J connectivity index is 1.87. The van der Waals surface area contributed by atoms with E-state index in [1.54, 1.807) is 24.3 Å². The number of anilines is 1. The number of carbonyl (C=O) groups excluding carboxylic acids is 1. The van der Waals surface area contributed by atoms with Crippen molar-refractivity contribution in [2.75, 3.05) is 11.9 Å². The largest absolute Gasteiger partial charge is 0.573 e. The highest BCUT2D eigenvalue weighted by atomic mass is 32.1. The molecule has 0 saturated carbocycles. The third-order valence-corrected chi connectivity index (χ3v) is 3.89. The molecule has 2 N–H and O–H groups in total. The average Bonchev–Trinajstić information content (AvgIpc) is 2.65. The number of benzene rings is 2. The van der Waals surface area contributed by atoms with Gasteiger partial charge in [0.05, 0.1) is 6.61 Å². The van der Waals surface area contributed by atoms with E-state index in [1.807, 2.05) is 0 Å². The van der Waals surface area contributed by atoms with Crippen LogP contribution in [-0.4, -0.2) is 24.0 Å². The van der Waals surface area contributed by atoms with Crippen molar-refractivity contribution in [2.24, 2.45) is 0 Å². The van der Waals surface area contributed by atoms with Gasteiger partial charge in [-0.2, -0.15) is 0 Å². The summed E-state index contributed by atoms with van der Waals surface area (Å²) in [5, 5.41) is 5.25. The van der Waals surface area contributed by atoms with Gasteiger partial charge >= 0.3 is 6.36 Å². The van der Waals surface area contributed by atoms with Gasteiger partial charge in [-0.05, 0) is 61.1 Å². The zero-order valence-electron chi connectivity index (χ0n) is 15.7. The van der Waals surface area contributed by atoms with Crippen LogP contribution in [0.25, 0.3) is 0 Å². The van der Waals surface area contributed by atoms with Crippen molar-refractivity contribution in [1.82, 2.24) is 5.32 Å². The van der Waals surface area contributed by atoms with Crippen LogP contribution in [0.3, 0.4) is 0 Å². The van der Waals surface area contributed by atoms with Crippen molar-refractivity contribution in [3.8, 4) is 11.5 Å². The molecule has 2 aromatic rings. The first-order chi connectivity index (χ1) is 13.8. The van der Waals surface area contributed by atoms with Crippen molar-refractivity contribution < 1.29 is 27.4 Å². The van der Waals surface area contributed by atoms with Crippen LogP contribution in [0.1, 0.15) is 36.5 Å². The van der Waals surface area contributed by atoms with Gasteiger partial charge < -0.3 is 14.8 Å². The number of thiocarbonyl (C=S) groups is 1. The van der Waals surface area contributed by atoms with E-state index in [9.17, 15) is 18.0 Å². The first-order valence-corrected chi connectivity index (χ1v) is 9.38. The van der Waals surface area contributed by atoms with Gasteiger partial charge in [0.25, 0.3) is 5.91 Å². The van der Waals surface area contributed by atoms with Gasteiger partial charge in [-0.1, -0.05) is 25.8 Å². The molecular formula is C20H21F3N2O3S. The summed E-state index contributed by atoms with van der Waals surface area (Å²) in [6.07, 6.45) is -1.62. The normalized spacial score (nSPS) is 10.9. The van der Waals surface area contributed by atoms with E-state index in [-0.39, 0.29) is 10.7 Å². The predicted octanol–water partition coefficient (Wildman–Crippen LogP) is 5.28. The van der Waals surface area contributed by atoms with Crippen LogP contribution in [0.5, 0.6) is 11.5 Å². The number of hydrogen-bond donors (Lipinski definition) is 2. The summed E-state index contributed by atoms with van der Waals surface area (Å²) in [7, 11) is 0. The zero-order chi connectivity index (χ0) is 21.3. The summed E-state index contributed by atoms with van der Waals surface area (Å²) in [6, 6.07) is 11.8. The second kappa shape index (κ2) is 10.7. The maximum atomic E-state index is 12.3. The molecule has 1 amide bonds. The highest BCUT2D eigenvalue weighted by Crippen LogP contribution is 2.23. The molecule has 0 aromatic heterocycles. The Morgan fingerprint density at radius 3 is 2.45 bits per heavy atom. The number of halogens is 3. The third-order valence-electron chi connectivity index (χ3n) is 3.69. The monoisotopic (exact) mass is 426 g/mol. The molecule has 0 spiro atoms. The van der Waals surface area contributed by atoms with E-state index < -0.39 is 18.0 Å². The molecule has 9 heteroatoms. The number of nitrogens with one attached hydrogen (secondary N) is 2. The Hall–Kier alpha value is -2.81. The van der Waals surface area contributed by atoms with Gasteiger partial charge in [0, 0.05) is 11.3 Å². The molecule has 0 aliphatic heterocycles. The van der Waals surface area contributed by atoms with E-state index >= 15 is 0 Å². The van der Waals surface area contributed by atoms with Crippen molar-refractivity contribution in [1.29, 1.82) is 0 Å². The van der Waals surface area contributed by atoms with Crippen molar-refractivity contribution in [3.05, 3.63) is 54.1 Å². The van der Waals surface area contributed by atoms with E-state index in [4.69, 9.17) is 17.0 Å². The smallest absolute Gasteiger partial charge is 0.494 e. The molecule has 2 aromatic carbocycles. The van der Waals surface area contributed by atoms with Crippen molar-refractivity contribution >= 4 is 28.9 Å². The molecule has 0 heterocycles. The standard InChI is InChI=1S/C20H21F3N2O3S/c1-2-3-4-12-27-16-10-8-15(9-11-16)24-19(29)25-18(26)14-6-5-7-17(13-14)28-20(21,22)23/h5-11,13H,2-4,12H2,1H3,(H2,24,25,26,29). The second-order valence-electron chi connectivity index (χ2n) is 6.06. The molecule has 0 atom stereocenters. The summed E-state index contributed by atoms with van der Waals surface area (Å²) in [5.41, 5.74) is 0.608. The molecule has 5 nitrogen and oxygen atoms in total. The first-order valence-electron chi connectivity index (χ1n) is 8.98. The van der Waals surface area contributed by atoms with Crippen LogP contribution >= 0.6 is 12.2 Å². The quantitative estimate of drug-likeness (QED) is 0.444. The number of alkyl halides is 3. The summed E-state index contributed by atoms with van der Waals surface area (Å²) in [5.74, 6) is -0.423. The molecule has 0 unspecified atom stereocenters. The molecule has 0 saturated heterocycles. The van der Waals surface area contributed by atoms with Crippen molar-refractivity contribution in [2.45, 2.75) is 32.5 Å². The number of unbranched alkanes of at least 4 members (excludes halogenated alkanes) is 2. The summed E-state index contributed by atoms with van der Waals surface area (Å²) in [4.78, 5) is 12.2. The predicted molar refractivity (Wildman–Crippen MR) is 108 cm³/mol. The van der Waals surface area contributed by atoms with Gasteiger partial charge in [-0.3, -0.25) is 10.1 Å². The number of amides is 1. The zero-order valence-corrected chi connectivity index (χ0v) is 16.5. The maximum absolute atomic E-state index is 12.3. The highest BCUT2D eigenvalue weighted by Gasteiger charge is 2.31. The average molecular weight is 426 g/mol. The number of hydrogen-bond acceptors (Lipinski definition) is 4. The van der Waals surface area contributed by atoms with Crippen LogP contribution < -0.4 is 20.1 Å². The Bertz CT molecular complexity index is 826. The fourth-order valence-electron chi connectivity index (χ4n) is 2.35. The van der Waals surface area contributed by atoms with Gasteiger partial charge in [-0.25, -0.2) is 0 Å². The van der Waals surface area contributed by atoms with E-state index in [0.717, 1.165) is 37.1 Å². The molecule has 0 fully saturated rings. The number of carbonyl (C=O) groups is 1. The molecular weight excluding hydrogens is 405 g/mol. The molecule has 0 radical (unpaired) electrons. The van der Waals surface area contributed by atoms with Crippen LogP contribution in [0.15, 0.2) is 48.5 Å². The molecule has 0 aliphatic rings. The fraction of sp³-hybridized carbons (Fsp3) is 0.300. The van der Waals surface area contributed by atoms with Crippen molar-refractivity contribution in [3.63, 3.8) is 0 Å². The van der Waals surface area contributed by atoms with Gasteiger partial charge in [0.15, 0.2) is 5.11 Å². The Morgan fingerprint density at radius 2 is 1.79 bits per heavy atom. The Labute approximate surface area is 172 Å². The van der Waals surface area contributed by atoms with Gasteiger partial charge in [0.1, 0.15) is 11.5 Å². The molecule has 0 aliphatic carbocycles. The lowest BCUT2D eigenvalue weighted by Gasteiger charge is -2.12. The number of ether oxygens (including phenoxy) is 2. The summed E-state index contributed by atoms with van der Waals surface area (Å²) in [6.45, 7) is 2.77. The van der Waals surface area contributed by atoms with Crippen LogP contribution in [0.4, 0.5) is 18.9 Å². The third kappa shape index (κ3) is 8.39. The lowest BCUT2D eigenvalue weighted by atomic mass is 10.2. The number of rotatable bonds is 8. The minimum absolute atomic E-state index is 0.00811. The maximum Gasteiger partial charge on any atom is 0.573 e. The lowest BCUT2D eigenvalue weighted by Crippen LogP contribution is -2.34. The highest BCUT2D eigenvalue weighted by molar-refractivity contribution is 7.80. The fourth-order valence-corrected chi connectivity index (χ4v) is 2.56. The minimum atomic E-state index is -4.84. The minimum Gasteiger partial charge on any atom is -0.494 e. The van der Waals surface area contributed by atoms with Gasteiger partial charge in [0.2, 0.25) is 0 Å². The SMILES string of the molecule is CCCCCOc1ccc(NC(=S)NC(=O)c2cccc(OC(F)(F)F)c2)cc1. The van der Waals surface area contributed by atoms with Gasteiger partial charge in [-0.15, -0.1) is 13.2 Å². The van der Waals surface area contributed by atoms with E-state index in [0.29, 0.717) is 12.3 Å². The Morgan fingerprint density at radius 1 is 1.07 bits per heavy atom. The van der Waals surface area contributed by atoms with E-state index in [1.165, 1.54) is 12.1 Å².